The van der Waals surface area contributed by atoms with Gasteiger partial charge in [-0.25, -0.2) is 0 Å². The summed E-state index contributed by atoms with van der Waals surface area (Å²) in [4.78, 5) is 5.02. The molecule has 0 aromatic heterocycles. The molecule has 0 radical (unpaired) electrons. The molecule has 16 heavy (non-hydrogen) atoms. The van der Waals surface area contributed by atoms with Crippen molar-refractivity contribution in [2.24, 2.45) is 16.8 Å². The Kier molecular flexibility index (Phi) is 4.87. The standard InChI is InChI=1S/C10H10Cl2N2O.ClH/c11-8-2-1-6(3-9(8)12)10-7(4-13)5-15-14-10;/h1-3,7H,4-5,13H2;1H. The molecule has 0 spiro atoms. The third-order valence-corrected chi connectivity index (χ3v) is 3.06. The van der Waals surface area contributed by atoms with Crippen LogP contribution in [0.25, 0.3) is 0 Å². The number of oxime groups is 1. The van der Waals surface area contributed by atoms with Crippen molar-refractivity contribution in [2.45, 2.75) is 0 Å². The zero-order valence-corrected chi connectivity index (χ0v) is 10.6. The smallest absolute Gasteiger partial charge is 0.126 e. The predicted octanol–water partition coefficient (Wildman–Crippen LogP) is 2.72. The van der Waals surface area contributed by atoms with E-state index in [2.05, 4.69) is 5.16 Å². The zero-order chi connectivity index (χ0) is 10.8. The van der Waals surface area contributed by atoms with E-state index in [1.165, 1.54) is 0 Å². The molecule has 88 valence electrons. The maximum atomic E-state index is 5.92. The van der Waals surface area contributed by atoms with Crippen molar-refractivity contribution in [3.8, 4) is 0 Å². The number of hydrogen-bond acceptors (Lipinski definition) is 3. The van der Waals surface area contributed by atoms with Gasteiger partial charge < -0.3 is 10.6 Å². The van der Waals surface area contributed by atoms with E-state index in [-0.39, 0.29) is 18.3 Å². The lowest BCUT2D eigenvalue weighted by molar-refractivity contribution is 0.156. The summed E-state index contributed by atoms with van der Waals surface area (Å²) in [7, 11) is 0. The second-order valence-corrected chi connectivity index (χ2v) is 4.15. The molecule has 1 aliphatic rings. The minimum Gasteiger partial charge on any atom is -0.395 e. The molecule has 2 rings (SSSR count). The maximum absolute atomic E-state index is 5.92. The van der Waals surface area contributed by atoms with Crippen molar-refractivity contribution >= 4 is 41.3 Å². The first-order valence-electron chi connectivity index (χ1n) is 4.57. The molecule has 0 saturated heterocycles. The molecule has 1 unspecified atom stereocenters. The topological polar surface area (TPSA) is 47.6 Å². The van der Waals surface area contributed by atoms with Crippen molar-refractivity contribution < 1.29 is 4.84 Å². The largest absolute Gasteiger partial charge is 0.395 e. The van der Waals surface area contributed by atoms with Crippen molar-refractivity contribution in [3.05, 3.63) is 33.8 Å². The molecule has 6 heteroatoms. The van der Waals surface area contributed by atoms with Gasteiger partial charge in [0, 0.05) is 12.1 Å². The highest BCUT2D eigenvalue weighted by Crippen LogP contribution is 2.25. The number of benzene rings is 1. The van der Waals surface area contributed by atoms with E-state index in [4.69, 9.17) is 33.8 Å². The van der Waals surface area contributed by atoms with E-state index < -0.39 is 0 Å². The molecule has 0 fully saturated rings. The maximum Gasteiger partial charge on any atom is 0.126 e. The van der Waals surface area contributed by atoms with E-state index in [9.17, 15) is 0 Å². The van der Waals surface area contributed by atoms with Gasteiger partial charge in [-0.05, 0) is 12.1 Å². The Hall–Kier alpha value is -0.480. The van der Waals surface area contributed by atoms with Gasteiger partial charge in [0.05, 0.1) is 21.7 Å². The molecule has 1 aromatic carbocycles. The minimum absolute atomic E-state index is 0. The highest BCUT2D eigenvalue weighted by Gasteiger charge is 2.23. The Morgan fingerprint density at radius 1 is 1.38 bits per heavy atom. The second-order valence-electron chi connectivity index (χ2n) is 3.33. The lowest BCUT2D eigenvalue weighted by Gasteiger charge is -2.07. The van der Waals surface area contributed by atoms with Crippen LogP contribution in [-0.4, -0.2) is 18.9 Å². The van der Waals surface area contributed by atoms with E-state index >= 15 is 0 Å². The molecular formula is C10H11Cl3N2O. The van der Waals surface area contributed by atoms with Crippen LogP contribution < -0.4 is 5.73 Å². The van der Waals surface area contributed by atoms with Crippen LogP contribution in [0.2, 0.25) is 10.0 Å². The van der Waals surface area contributed by atoms with Crippen molar-refractivity contribution in [1.82, 2.24) is 0 Å². The molecule has 2 N–H and O–H groups in total. The van der Waals surface area contributed by atoms with Crippen LogP contribution in [-0.2, 0) is 4.84 Å². The monoisotopic (exact) mass is 280 g/mol. The van der Waals surface area contributed by atoms with Gasteiger partial charge in [0.25, 0.3) is 0 Å². The van der Waals surface area contributed by atoms with Crippen LogP contribution >= 0.6 is 35.6 Å². The Morgan fingerprint density at radius 3 is 2.75 bits per heavy atom. The lowest BCUT2D eigenvalue weighted by Crippen LogP contribution is -2.23. The molecule has 0 saturated carbocycles. The van der Waals surface area contributed by atoms with Gasteiger partial charge in [-0.2, -0.15) is 0 Å². The summed E-state index contributed by atoms with van der Waals surface area (Å²) >= 11 is 11.8. The zero-order valence-electron chi connectivity index (χ0n) is 8.32. The van der Waals surface area contributed by atoms with Crippen LogP contribution in [0.5, 0.6) is 0 Å². The van der Waals surface area contributed by atoms with Gasteiger partial charge in [0.2, 0.25) is 0 Å². The summed E-state index contributed by atoms with van der Waals surface area (Å²) in [5.74, 6) is 0.141. The van der Waals surface area contributed by atoms with Gasteiger partial charge in [-0.15, -0.1) is 12.4 Å². The SMILES string of the molecule is Cl.NCC1CON=C1c1ccc(Cl)c(Cl)c1. The van der Waals surface area contributed by atoms with Crippen molar-refractivity contribution in [3.63, 3.8) is 0 Å². The van der Waals surface area contributed by atoms with Crippen molar-refractivity contribution in [2.75, 3.05) is 13.2 Å². The Morgan fingerprint density at radius 2 is 2.12 bits per heavy atom. The molecule has 3 nitrogen and oxygen atoms in total. The highest BCUT2D eigenvalue weighted by molar-refractivity contribution is 6.42. The number of hydrogen-bond donors (Lipinski definition) is 1. The molecule has 1 atom stereocenters. The van der Waals surface area contributed by atoms with Crippen LogP contribution in [0.3, 0.4) is 0 Å². The minimum atomic E-state index is 0. The fourth-order valence-electron chi connectivity index (χ4n) is 1.47. The lowest BCUT2D eigenvalue weighted by atomic mass is 9.98. The number of nitrogens with zero attached hydrogens (tertiary/aromatic N) is 1. The molecule has 0 aliphatic carbocycles. The molecule has 1 aromatic rings. The van der Waals surface area contributed by atoms with Gasteiger partial charge in [0.1, 0.15) is 6.61 Å². The third-order valence-electron chi connectivity index (χ3n) is 2.33. The van der Waals surface area contributed by atoms with Crippen LogP contribution in [0.15, 0.2) is 23.4 Å². The van der Waals surface area contributed by atoms with E-state index in [1.807, 2.05) is 6.07 Å². The summed E-state index contributed by atoms with van der Waals surface area (Å²) in [6.45, 7) is 1.05. The molecule has 1 aliphatic heterocycles. The average molecular weight is 282 g/mol. The summed E-state index contributed by atoms with van der Waals surface area (Å²) in [5.41, 5.74) is 7.37. The first-order chi connectivity index (χ1) is 7.22. The summed E-state index contributed by atoms with van der Waals surface area (Å²) in [5, 5.41) is 5.01. The third kappa shape index (κ3) is 2.61. The first-order valence-corrected chi connectivity index (χ1v) is 5.33. The van der Waals surface area contributed by atoms with Crippen LogP contribution in [0.1, 0.15) is 5.56 Å². The number of rotatable bonds is 2. The van der Waals surface area contributed by atoms with E-state index in [1.54, 1.807) is 12.1 Å². The number of nitrogens with two attached hydrogens (primary N) is 1. The van der Waals surface area contributed by atoms with Crippen LogP contribution in [0.4, 0.5) is 0 Å². The van der Waals surface area contributed by atoms with Crippen LogP contribution in [0, 0.1) is 5.92 Å². The van der Waals surface area contributed by atoms with E-state index in [0.29, 0.717) is 23.2 Å². The molecule has 1 heterocycles. The quantitative estimate of drug-likeness (QED) is 0.906. The highest BCUT2D eigenvalue weighted by atomic mass is 35.5. The summed E-state index contributed by atoms with van der Waals surface area (Å²) in [6, 6.07) is 5.39. The molecular weight excluding hydrogens is 270 g/mol. The fourth-order valence-corrected chi connectivity index (χ4v) is 1.77. The van der Waals surface area contributed by atoms with Gasteiger partial charge in [0.15, 0.2) is 0 Å². The normalized spacial score (nSPS) is 18.7. The van der Waals surface area contributed by atoms with Gasteiger partial charge in [-0.1, -0.05) is 34.4 Å². The second kappa shape index (κ2) is 5.73. The molecule has 0 bridgehead atoms. The van der Waals surface area contributed by atoms with E-state index in [0.717, 1.165) is 11.3 Å². The van der Waals surface area contributed by atoms with Crippen molar-refractivity contribution in [1.29, 1.82) is 0 Å². The van der Waals surface area contributed by atoms with Gasteiger partial charge >= 0.3 is 0 Å². The molecule has 0 amide bonds. The predicted molar refractivity (Wildman–Crippen MR) is 68.7 cm³/mol. The Bertz CT molecular complexity index is 409. The first kappa shape index (κ1) is 13.6. The van der Waals surface area contributed by atoms with Gasteiger partial charge in [-0.3, -0.25) is 0 Å². The summed E-state index contributed by atoms with van der Waals surface area (Å²) in [6.07, 6.45) is 0. The Labute approximate surface area is 110 Å². The summed E-state index contributed by atoms with van der Waals surface area (Å²) < 4.78 is 0. The fraction of sp³-hybridized carbons (Fsp3) is 0.300. The Balaban J connectivity index is 0.00000128. The number of halogens is 3. The average Bonchev–Trinajstić information content (AvgIpc) is 2.70.